The summed E-state index contributed by atoms with van der Waals surface area (Å²) in [6.07, 6.45) is 0.961. The highest BCUT2D eigenvalue weighted by Gasteiger charge is 2.28. The molecule has 2 aromatic rings. The van der Waals surface area contributed by atoms with E-state index in [-0.39, 0.29) is 5.91 Å². The molecule has 0 saturated heterocycles. The molecule has 2 nitrogen and oxygen atoms in total. The number of amides is 1. The fourth-order valence-electron chi connectivity index (χ4n) is 2.45. The van der Waals surface area contributed by atoms with E-state index in [1.165, 1.54) is 5.56 Å². The molecule has 0 atom stereocenters. The van der Waals surface area contributed by atoms with E-state index >= 15 is 0 Å². The van der Waals surface area contributed by atoms with Crippen LogP contribution in [0.25, 0.3) is 0 Å². The summed E-state index contributed by atoms with van der Waals surface area (Å²) >= 11 is 6.30. The molecule has 0 radical (unpaired) electrons. The Hall–Kier alpha value is -1.39. The van der Waals surface area contributed by atoms with Crippen molar-refractivity contribution in [1.82, 2.24) is 0 Å². The van der Waals surface area contributed by atoms with Crippen LogP contribution in [0.4, 0.5) is 11.4 Å². The zero-order chi connectivity index (χ0) is 14.3. The van der Waals surface area contributed by atoms with Crippen LogP contribution in [-0.4, -0.2) is 5.91 Å². The first-order chi connectivity index (χ1) is 9.61. The summed E-state index contributed by atoms with van der Waals surface area (Å²) in [4.78, 5) is 16.9. The Kier molecular flexibility index (Phi) is 3.52. The Labute approximate surface area is 128 Å². The SMILES string of the molecule is CCc1cc(S)c2c(c1)Sc1ccccc1N2C(C)=O. The minimum atomic E-state index is 0.0125. The lowest BCUT2D eigenvalue weighted by molar-refractivity contribution is -0.115. The smallest absolute Gasteiger partial charge is 0.228 e. The van der Waals surface area contributed by atoms with E-state index in [1.54, 1.807) is 23.6 Å². The zero-order valence-corrected chi connectivity index (χ0v) is 13.1. The van der Waals surface area contributed by atoms with Crippen LogP contribution in [-0.2, 0) is 11.2 Å². The predicted molar refractivity (Wildman–Crippen MR) is 86.5 cm³/mol. The molecule has 0 saturated carbocycles. The first-order valence-corrected chi connectivity index (χ1v) is 7.81. The fourth-order valence-corrected chi connectivity index (χ4v) is 4.07. The normalized spacial score (nSPS) is 12.8. The molecule has 1 amide bonds. The van der Waals surface area contributed by atoms with Gasteiger partial charge < -0.3 is 0 Å². The average molecular weight is 301 g/mol. The monoisotopic (exact) mass is 301 g/mol. The fraction of sp³-hybridized carbons (Fsp3) is 0.188. The van der Waals surface area contributed by atoms with Crippen LogP contribution >= 0.6 is 24.4 Å². The topological polar surface area (TPSA) is 20.3 Å². The van der Waals surface area contributed by atoms with Crippen LogP contribution in [0.15, 0.2) is 51.1 Å². The van der Waals surface area contributed by atoms with Crippen LogP contribution in [0.5, 0.6) is 0 Å². The lowest BCUT2D eigenvalue weighted by atomic mass is 10.1. The molecule has 102 valence electrons. The molecule has 4 heteroatoms. The van der Waals surface area contributed by atoms with E-state index < -0.39 is 0 Å². The summed E-state index contributed by atoms with van der Waals surface area (Å²) < 4.78 is 0. The molecule has 0 aliphatic carbocycles. The Morgan fingerprint density at radius 3 is 2.70 bits per heavy atom. The van der Waals surface area contributed by atoms with Crippen LogP contribution in [0, 0.1) is 0 Å². The number of benzene rings is 2. The Bertz CT molecular complexity index is 697. The number of hydrogen-bond acceptors (Lipinski definition) is 3. The van der Waals surface area contributed by atoms with Gasteiger partial charge >= 0.3 is 0 Å². The number of carbonyl (C=O) groups excluding carboxylic acids is 1. The third-order valence-electron chi connectivity index (χ3n) is 3.39. The number of nitrogens with zero attached hydrogens (tertiary/aromatic N) is 1. The highest BCUT2D eigenvalue weighted by Crippen LogP contribution is 2.50. The first-order valence-electron chi connectivity index (χ1n) is 6.55. The van der Waals surface area contributed by atoms with Crippen LogP contribution in [0.3, 0.4) is 0 Å². The van der Waals surface area contributed by atoms with Gasteiger partial charge in [-0.3, -0.25) is 9.69 Å². The number of anilines is 2. The van der Waals surface area contributed by atoms with E-state index in [0.717, 1.165) is 32.5 Å². The van der Waals surface area contributed by atoms with Gasteiger partial charge in [-0.15, -0.1) is 12.6 Å². The van der Waals surface area contributed by atoms with Gasteiger partial charge in [0.2, 0.25) is 5.91 Å². The van der Waals surface area contributed by atoms with Crippen molar-refractivity contribution in [1.29, 1.82) is 0 Å². The largest absolute Gasteiger partial charge is 0.278 e. The Morgan fingerprint density at radius 2 is 2.00 bits per heavy atom. The van der Waals surface area contributed by atoms with E-state index in [0.29, 0.717) is 0 Å². The number of hydrogen-bond donors (Lipinski definition) is 1. The zero-order valence-electron chi connectivity index (χ0n) is 11.4. The number of fused-ring (bicyclic) bond motifs is 2. The molecule has 2 aromatic carbocycles. The summed E-state index contributed by atoms with van der Waals surface area (Å²) in [6, 6.07) is 12.2. The summed E-state index contributed by atoms with van der Waals surface area (Å²) in [6.45, 7) is 3.72. The maximum atomic E-state index is 12.1. The standard InChI is InChI=1S/C16H15NOS2/c1-3-11-8-13(19)16-15(9-11)20-14-7-5-4-6-12(14)17(16)10(2)18/h4-9,19H,3H2,1-2H3. The van der Waals surface area contributed by atoms with Gasteiger partial charge in [0.1, 0.15) is 0 Å². The quantitative estimate of drug-likeness (QED) is 0.771. The molecular formula is C16H15NOS2. The predicted octanol–water partition coefficient (Wildman–Crippen LogP) is 4.69. The molecule has 0 N–H and O–H groups in total. The molecule has 1 heterocycles. The lowest BCUT2D eigenvalue weighted by Gasteiger charge is -2.31. The number of aryl methyl sites for hydroxylation is 1. The number of carbonyl (C=O) groups is 1. The van der Waals surface area contributed by atoms with Gasteiger partial charge in [0.25, 0.3) is 0 Å². The van der Waals surface area contributed by atoms with Gasteiger partial charge in [0.05, 0.1) is 11.4 Å². The van der Waals surface area contributed by atoms with E-state index in [4.69, 9.17) is 0 Å². The van der Waals surface area contributed by atoms with Crippen LogP contribution in [0.2, 0.25) is 0 Å². The molecule has 1 aliphatic heterocycles. The molecule has 1 aliphatic rings. The van der Waals surface area contributed by atoms with Crippen molar-refractivity contribution < 1.29 is 4.79 Å². The van der Waals surface area contributed by atoms with Crippen molar-refractivity contribution in [3.63, 3.8) is 0 Å². The van der Waals surface area contributed by atoms with E-state index in [1.807, 2.05) is 24.3 Å². The maximum absolute atomic E-state index is 12.1. The van der Waals surface area contributed by atoms with E-state index in [2.05, 4.69) is 31.7 Å². The Balaban J connectivity index is 2.25. The number of para-hydroxylation sites is 1. The molecule has 20 heavy (non-hydrogen) atoms. The molecule has 0 fully saturated rings. The molecule has 0 spiro atoms. The highest BCUT2D eigenvalue weighted by molar-refractivity contribution is 7.99. The summed E-state index contributed by atoms with van der Waals surface area (Å²) in [5.41, 5.74) is 3.09. The molecular weight excluding hydrogens is 286 g/mol. The van der Waals surface area contributed by atoms with Gasteiger partial charge in [-0.05, 0) is 36.2 Å². The third-order valence-corrected chi connectivity index (χ3v) is 4.82. The second-order valence-corrected chi connectivity index (χ2v) is 6.31. The minimum absolute atomic E-state index is 0.0125. The van der Waals surface area contributed by atoms with Crippen molar-refractivity contribution in [3.8, 4) is 0 Å². The van der Waals surface area contributed by atoms with Gasteiger partial charge in [0.15, 0.2) is 0 Å². The summed E-state index contributed by atoms with van der Waals surface area (Å²) in [5, 5.41) is 0. The van der Waals surface area contributed by atoms with Crippen LogP contribution in [0.1, 0.15) is 19.4 Å². The molecule has 0 unspecified atom stereocenters. The summed E-state index contributed by atoms with van der Waals surface area (Å²) in [7, 11) is 0. The highest BCUT2D eigenvalue weighted by atomic mass is 32.2. The number of thiol groups is 1. The average Bonchev–Trinajstić information content (AvgIpc) is 2.44. The first kappa shape index (κ1) is 13.6. The second-order valence-electron chi connectivity index (χ2n) is 4.74. The van der Waals surface area contributed by atoms with Crippen molar-refractivity contribution in [2.45, 2.75) is 35.0 Å². The maximum Gasteiger partial charge on any atom is 0.228 e. The molecule has 0 bridgehead atoms. The number of rotatable bonds is 1. The van der Waals surface area contributed by atoms with Gasteiger partial charge in [-0.1, -0.05) is 30.8 Å². The van der Waals surface area contributed by atoms with Crippen molar-refractivity contribution in [2.24, 2.45) is 0 Å². The van der Waals surface area contributed by atoms with Gasteiger partial charge in [-0.2, -0.15) is 0 Å². The summed E-state index contributed by atoms with van der Waals surface area (Å²) in [5.74, 6) is 0.0125. The van der Waals surface area contributed by atoms with Crippen molar-refractivity contribution >= 4 is 41.7 Å². The van der Waals surface area contributed by atoms with Gasteiger partial charge in [-0.25, -0.2) is 0 Å². The molecule has 0 aromatic heterocycles. The van der Waals surface area contributed by atoms with Gasteiger partial charge in [0, 0.05) is 21.6 Å². The minimum Gasteiger partial charge on any atom is -0.278 e. The third kappa shape index (κ3) is 2.13. The molecule has 3 rings (SSSR count). The lowest BCUT2D eigenvalue weighted by Crippen LogP contribution is -2.26. The van der Waals surface area contributed by atoms with E-state index in [9.17, 15) is 4.79 Å². The second kappa shape index (κ2) is 5.19. The van der Waals surface area contributed by atoms with Crippen molar-refractivity contribution in [3.05, 3.63) is 42.0 Å². The van der Waals surface area contributed by atoms with Crippen molar-refractivity contribution in [2.75, 3.05) is 4.90 Å². The van der Waals surface area contributed by atoms with Crippen LogP contribution < -0.4 is 4.90 Å². The Morgan fingerprint density at radius 1 is 1.25 bits per heavy atom.